The maximum Gasteiger partial charge on any atom is 0.0454 e. The SMILES string of the molecule is CC(I)c1cccc(-c2ccc3[nH]ccc3c2)c1. The fraction of sp³-hybridized carbons (Fsp3) is 0.125. The van der Waals surface area contributed by atoms with Crippen molar-refractivity contribution in [2.75, 3.05) is 0 Å². The molecule has 0 fully saturated rings. The van der Waals surface area contributed by atoms with Crippen molar-refractivity contribution in [2.24, 2.45) is 0 Å². The van der Waals surface area contributed by atoms with E-state index >= 15 is 0 Å². The first-order chi connectivity index (χ1) is 8.74. The van der Waals surface area contributed by atoms with E-state index in [1.165, 1.54) is 27.6 Å². The lowest BCUT2D eigenvalue weighted by Gasteiger charge is -2.07. The molecule has 2 heteroatoms. The summed E-state index contributed by atoms with van der Waals surface area (Å²) in [5.74, 6) is 0. The minimum Gasteiger partial charge on any atom is -0.361 e. The van der Waals surface area contributed by atoms with E-state index in [0.29, 0.717) is 3.92 Å². The number of hydrogen-bond donors (Lipinski definition) is 1. The molecule has 0 spiro atoms. The molecular formula is C16H14IN. The molecular weight excluding hydrogens is 333 g/mol. The quantitative estimate of drug-likeness (QED) is 0.476. The molecule has 0 aliphatic heterocycles. The molecule has 1 aromatic heterocycles. The third kappa shape index (κ3) is 2.17. The van der Waals surface area contributed by atoms with E-state index in [4.69, 9.17) is 0 Å². The van der Waals surface area contributed by atoms with Gasteiger partial charge in [0.2, 0.25) is 0 Å². The predicted octanol–water partition coefficient (Wildman–Crippen LogP) is 5.33. The lowest BCUT2D eigenvalue weighted by Crippen LogP contribution is -1.85. The molecule has 1 nitrogen and oxygen atoms in total. The molecule has 1 N–H and O–H groups in total. The zero-order chi connectivity index (χ0) is 12.5. The van der Waals surface area contributed by atoms with Gasteiger partial charge < -0.3 is 4.98 Å². The lowest BCUT2D eigenvalue weighted by molar-refractivity contribution is 1.15. The van der Waals surface area contributed by atoms with Gasteiger partial charge in [0.05, 0.1) is 0 Å². The van der Waals surface area contributed by atoms with Crippen LogP contribution in [0.15, 0.2) is 54.7 Å². The number of H-pyrrole nitrogens is 1. The van der Waals surface area contributed by atoms with Gasteiger partial charge in [0, 0.05) is 15.6 Å². The van der Waals surface area contributed by atoms with E-state index in [1.807, 2.05) is 6.20 Å². The minimum atomic E-state index is 0.540. The monoisotopic (exact) mass is 347 g/mol. The second-order valence-electron chi connectivity index (χ2n) is 4.52. The zero-order valence-corrected chi connectivity index (χ0v) is 12.3. The Morgan fingerprint density at radius 3 is 2.67 bits per heavy atom. The van der Waals surface area contributed by atoms with E-state index < -0.39 is 0 Å². The van der Waals surface area contributed by atoms with Crippen LogP contribution in [0, 0.1) is 0 Å². The van der Waals surface area contributed by atoms with Gasteiger partial charge >= 0.3 is 0 Å². The van der Waals surface area contributed by atoms with Crippen LogP contribution in [0.25, 0.3) is 22.0 Å². The van der Waals surface area contributed by atoms with Gasteiger partial charge in [-0.25, -0.2) is 0 Å². The summed E-state index contributed by atoms with van der Waals surface area (Å²) in [6, 6.07) is 17.5. The summed E-state index contributed by atoms with van der Waals surface area (Å²) in [6.45, 7) is 2.22. The summed E-state index contributed by atoms with van der Waals surface area (Å²) in [5, 5.41) is 1.26. The fourth-order valence-corrected chi connectivity index (χ4v) is 2.59. The minimum absolute atomic E-state index is 0.540. The smallest absolute Gasteiger partial charge is 0.0454 e. The Balaban J connectivity index is 2.10. The van der Waals surface area contributed by atoms with Gasteiger partial charge in [-0.05, 0) is 47.2 Å². The van der Waals surface area contributed by atoms with Gasteiger partial charge in [0.1, 0.15) is 0 Å². The van der Waals surface area contributed by atoms with Gasteiger partial charge in [-0.2, -0.15) is 0 Å². The number of rotatable bonds is 2. The van der Waals surface area contributed by atoms with Crippen molar-refractivity contribution < 1.29 is 0 Å². The molecule has 0 bridgehead atoms. The molecule has 2 aromatic carbocycles. The zero-order valence-electron chi connectivity index (χ0n) is 10.2. The molecule has 0 aliphatic carbocycles. The molecule has 18 heavy (non-hydrogen) atoms. The molecule has 1 unspecified atom stereocenters. The van der Waals surface area contributed by atoms with Gasteiger partial charge in [-0.3, -0.25) is 0 Å². The van der Waals surface area contributed by atoms with Crippen molar-refractivity contribution in [3.05, 3.63) is 60.3 Å². The molecule has 0 amide bonds. The van der Waals surface area contributed by atoms with E-state index in [0.717, 1.165) is 0 Å². The van der Waals surface area contributed by atoms with Crippen LogP contribution in [0.4, 0.5) is 0 Å². The summed E-state index contributed by atoms with van der Waals surface area (Å²) in [6.07, 6.45) is 1.98. The van der Waals surface area contributed by atoms with Crippen molar-refractivity contribution in [3.8, 4) is 11.1 Å². The van der Waals surface area contributed by atoms with Crippen LogP contribution in [0.2, 0.25) is 0 Å². The normalized spacial score (nSPS) is 12.8. The molecule has 1 atom stereocenters. The van der Waals surface area contributed by atoms with Crippen LogP contribution in [0.3, 0.4) is 0 Å². The maximum atomic E-state index is 3.23. The number of benzene rings is 2. The Labute approximate surface area is 120 Å². The number of aromatic nitrogens is 1. The van der Waals surface area contributed by atoms with Crippen molar-refractivity contribution in [1.82, 2.24) is 4.98 Å². The van der Waals surface area contributed by atoms with E-state index in [-0.39, 0.29) is 0 Å². The standard InChI is InChI=1S/C16H14IN/c1-11(17)12-3-2-4-13(9-12)14-5-6-16-15(10-14)7-8-18-16/h2-11,18H,1H3. The van der Waals surface area contributed by atoms with Gasteiger partial charge in [-0.1, -0.05) is 52.9 Å². The lowest BCUT2D eigenvalue weighted by atomic mass is 10.0. The fourth-order valence-electron chi connectivity index (χ4n) is 2.20. The van der Waals surface area contributed by atoms with Crippen LogP contribution in [-0.2, 0) is 0 Å². The molecule has 1 heterocycles. The van der Waals surface area contributed by atoms with E-state index in [9.17, 15) is 0 Å². The molecule has 3 aromatic rings. The van der Waals surface area contributed by atoms with Crippen molar-refractivity contribution in [1.29, 1.82) is 0 Å². The second kappa shape index (κ2) is 4.76. The number of nitrogens with one attached hydrogen (secondary N) is 1. The Morgan fingerprint density at radius 2 is 1.83 bits per heavy atom. The first-order valence-corrected chi connectivity index (χ1v) is 7.30. The Morgan fingerprint density at radius 1 is 1.00 bits per heavy atom. The van der Waals surface area contributed by atoms with Crippen LogP contribution in [0.1, 0.15) is 16.4 Å². The maximum absolute atomic E-state index is 3.23. The average Bonchev–Trinajstić information content (AvgIpc) is 2.86. The van der Waals surface area contributed by atoms with Crippen LogP contribution in [-0.4, -0.2) is 4.98 Å². The highest BCUT2D eigenvalue weighted by atomic mass is 127. The van der Waals surface area contributed by atoms with Crippen LogP contribution in [0.5, 0.6) is 0 Å². The summed E-state index contributed by atoms with van der Waals surface area (Å²) >= 11 is 2.45. The Hall–Kier alpha value is -1.29. The number of aromatic amines is 1. The predicted molar refractivity (Wildman–Crippen MR) is 86.2 cm³/mol. The first-order valence-electron chi connectivity index (χ1n) is 6.05. The number of hydrogen-bond acceptors (Lipinski definition) is 0. The largest absolute Gasteiger partial charge is 0.361 e. The molecule has 0 saturated heterocycles. The van der Waals surface area contributed by atoms with E-state index in [2.05, 4.69) is 83.0 Å². The molecule has 90 valence electrons. The van der Waals surface area contributed by atoms with Gasteiger partial charge in [-0.15, -0.1) is 0 Å². The molecule has 0 radical (unpaired) electrons. The third-order valence-electron chi connectivity index (χ3n) is 3.23. The molecule has 0 saturated carbocycles. The topological polar surface area (TPSA) is 15.8 Å². The second-order valence-corrected chi connectivity index (χ2v) is 6.39. The highest BCUT2D eigenvalue weighted by Crippen LogP contribution is 2.29. The number of halogens is 1. The Bertz CT molecular complexity index is 682. The molecule has 0 aliphatic rings. The van der Waals surface area contributed by atoms with Gasteiger partial charge in [0.15, 0.2) is 0 Å². The van der Waals surface area contributed by atoms with Crippen molar-refractivity contribution in [2.45, 2.75) is 10.8 Å². The summed E-state index contributed by atoms with van der Waals surface area (Å²) in [7, 11) is 0. The van der Waals surface area contributed by atoms with Crippen LogP contribution >= 0.6 is 22.6 Å². The summed E-state index contributed by atoms with van der Waals surface area (Å²) in [5.41, 5.74) is 5.14. The van der Waals surface area contributed by atoms with Crippen molar-refractivity contribution >= 4 is 33.5 Å². The molecule has 3 rings (SSSR count). The number of fused-ring (bicyclic) bond motifs is 1. The third-order valence-corrected chi connectivity index (χ3v) is 3.95. The summed E-state index contributed by atoms with van der Waals surface area (Å²) in [4.78, 5) is 3.23. The Kier molecular flexibility index (Phi) is 3.12. The van der Waals surface area contributed by atoms with Crippen molar-refractivity contribution in [3.63, 3.8) is 0 Å². The van der Waals surface area contributed by atoms with Gasteiger partial charge in [0.25, 0.3) is 0 Å². The number of alkyl halides is 1. The first kappa shape index (κ1) is 11.8. The average molecular weight is 347 g/mol. The highest BCUT2D eigenvalue weighted by Gasteiger charge is 2.04. The van der Waals surface area contributed by atoms with Crippen LogP contribution < -0.4 is 0 Å². The van der Waals surface area contributed by atoms with E-state index in [1.54, 1.807) is 0 Å². The summed E-state index contributed by atoms with van der Waals surface area (Å²) < 4.78 is 0.540. The highest BCUT2D eigenvalue weighted by molar-refractivity contribution is 14.1.